The minimum Gasteiger partial charge on any atom is -0.349 e. The second-order valence-corrected chi connectivity index (χ2v) is 5.05. The molecule has 0 atom stereocenters. The Morgan fingerprint density at radius 2 is 1.67 bits per heavy atom. The van der Waals surface area contributed by atoms with Crippen LogP contribution in [0.5, 0.6) is 0 Å². The molecule has 0 bridgehead atoms. The van der Waals surface area contributed by atoms with Crippen LogP contribution in [-0.4, -0.2) is 19.0 Å². The standard InChI is InChI=1S/C13H23O2/c1-3-12(4-2)10-14-13(15-11-12)8-6-5-7-9-13/h3H,4-11H2,1-2H3. The quantitative estimate of drug-likeness (QED) is 0.697. The summed E-state index contributed by atoms with van der Waals surface area (Å²) < 4.78 is 12.1. The van der Waals surface area contributed by atoms with Crippen LogP contribution in [0, 0.1) is 11.8 Å². The molecule has 1 aliphatic carbocycles. The van der Waals surface area contributed by atoms with E-state index in [-0.39, 0.29) is 11.2 Å². The lowest BCUT2D eigenvalue weighted by Crippen LogP contribution is -2.50. The minimum absolute atomic E-state index is 0.169. The molecule has 2 fully saturated rings. The van der Waals surface area contributed by atoms with Crippen molar-refractivity contribution in [3.63, 3.8) is 0 Å². The van der Waals surface area contributed by atoms with Crippen LogP contribution >= 0.6 is 0 Å². The zero-order valence-corrected chi connectivity index (χ0v) is 10.1. The molecule has 1 radical (unpaired) electrons. The second kappa shape index (κ2) is 4.42. The SMILES string of the molecule is C[CH]C1(CC)COC2(CCCCC2)OC1. The Morgan fingerprint density at radius 1 is 1.07 bits per heavy atom. The molecule has 1 saturated heterocycles. The van der Waals surface area contributed by atoms with Crippen LogP contribution in [0.3, 0.4) is 0 Å². The Kier molecular flexibility index (Phi) is 3.36. The molecule has 0 aromatic rings. The lowest BCUT2D eigenvalue weighted by molar-refractivity contribution is -0.310. The molecule has 0 aromatic carbocycles. The summed E-state index contributed by atoms with van der Waals surface area (Å²) in [5.41, 5.74) is 0.169. The highest BCUT2D eigenvalue weighted by molar-refractivity contribution is 4.93. The van der Waals surface area contributed by atoms with E-state index in [4.69, 9.17) is 9.47 Å². The maximum atomic E-state index is 6.05. The molecule has 2 heteroatoms. The van der Waals surface area contributed by atoms with E-state index in [2.05, 4.69) is 20.3 Å². The van der Waals surface area contributed by atoms with Gasteiger partial charge in [-0.25, -0.2) is 0 Å². The van der Waals surface area contributed by atoms with Gasteiger partial charge in [0.1, 0.15) is 0 Å². The van der Waals surface area contributed by atoms with Gasteiger partial charge >= 0.3 is 0 Å². The third-order valence-corrected chi connectivity index (χ3v) is 4.18. The molecule has 1 aliphatic heterocycles. The Labute approximate surface area is 93.3 Å². The van der Waals surface area contributed by atoms with E-state index in [0.29, 0.717) is 0 Å². The van der Waals surface area contributed by atoms with E-state index < -0.39 is 0 Å². The molecule has 2 aliphatic rings. The highest BCUT2D eigenvalue weighted by Gasteiger charge is 2.43. The minimum atomic E-state index is -0.208. The van der Waals surface area contributed by atoms with E-state index in [0.717, 1.165) is 32.5 Å². The van der Waals surface area contributed by atoms with Crippen molar-refractivity contribution >= 4 is 0 Å². The van der Waals surface area contributed by atoms with Crippen molar-refractivity contribution in [1.82, 2.24) is 0 Å². The van der Waals surface area contributed by atoms with Gasteiger partial charge in [0.25, 0.3) is 0 Å². The molecule has 2 rings (SSSR count). The largest absolute Gasteiger partial charge is 0.349 e. The predicted molar refractivity (Wildman–Crippen MR) is 60.4 cm³/mol. The van der Waals surface area contributed by atoms with Gasteiger partial charge in [-0.1, -0.05) is 20.3 Å². The zero-order valence-electron chi connectivity index (χ0n) is 10.1. The highest BCUT2D eigenvalue weighted by Crippen LogP contribution is 2.41. The van der Waals surface area contributed by atoms with Crippen molar-refractivity contribution in [3.05, 3.63) is 6.42 Å². The van der Waals surface area contributed by atoms with Crippen LogP contribution in [0.25, 0.3) is 0 Å². The molecule has 1 spiro atoms. The Balaban J connectivity index is 1.95. The molecule has 0 N–H and O–H groups in total. The number of ether oxygens (including phenoxy) is 2. The van der Waals surface area contributed by atoms with E-state index in [9.17, 15) is 0 Å². The van der Waals surface area contributed by atoms with Crippen molar-refractivity contribution in [2.45, 2.75) is 58.2 Å². The third kappa shape index (κ3) is 2.21. The van der Waals surface area contributed by atoms with Crippen LogP contribution in [0.1, 0.15) is 52.4 Å². The van der Waals surface area contributed by atoms with Crippen LogP contribution in [0.15, 0.2) is 0 Å². The molecule has 0 aromatic heterocycles. The summed E-state index contributed by atoms with van der Waals surface area (Å²) >= 11 is 0. The molecule has 1 saturated carbocycles. The van der Waals surface area contributed by atoms with Gasteiger partial charge in [0.2, 0.25) is 0 Å². The number of hydrogen-bond acceptors (Lipinski definition) is 2. The van der Waals surface area contributed by atoms with Gasteiger partial charge in [-0.05, 0) is 25.7 Å². The van der Waals surface area contributed by atoms with E-state index in [1.807, 2.05) is 0 Å². The predicted octanol–water partition coefficient (Wildman–Crippen LogP) is 3.31. The lowest BCUT2D eigenvalue weighted by Gasteiger charge is -2.47. The van der Waals surface area contributed by atoms with Crippen molar-refractivity contribution in [2.24, 2.45) is 5.41 Å². The second-order valence-electron chi connectivity index (χ2n) is 5.05. The normalized spacial score (nSPS) is 29.2. The maximum Gasteiger partial charge on any atom is 0.168 e. The van der Waals surface area contributed by atoms with Crippen LogP contribution in [0.4, 0.5) is 0 Å². The Hall–Kier alpha value is -0.0800. The first-order valence-corrected chi connectivity index (χ1v) is 6.33. The topological polar surface area (TPSA) is 18.5 Å². The molecule has 2 nitrogen and oxygen atoms in total. The van der Waals surface area contributed by atoms with E-state index >= 15 is 0 Å². The van der Waals surface area contributed by atoms with Gasteiger partial charge in [0.15, 0.2) is 5.79 Å². The molecule has 0 unspecified atom stereocenters. The summed E-state index contributed by atoms with van der Waals surface area (Å²) in [5, 5.41) is 0. The molecule has 87 valence electrons. The zero-order chi connectivity index (χ0) is 10.8. The van der Waals surface area contributed by atoms with Crippen LogP contribution < -0.4 is 0 Å². The fourth-order valence-electron chi connectivity index (χ4n) is 2.59. The van der Waals surface area contributed by atoms with Gasteiger partial charge in [0, 0.05) is 18.3 Å². The van der Waals surface area contributed by atoms with Crippen molar-refractivity contribution in [2.75, 3.05) is 13.2 Å². The smallest absolute Gasteiger partial charge is 0.168 e. The number of hydrogen-bond donors (Lipinski definition) is 0. The summed E-state index contributed by atoms with van der Waals surface area (Å²) in [6.45, 7) is 6.03. The van der Waals surface area contributed by atoms with Gasteiger partial charge < -0.3 is 9.47 Å². The maximum absolute atomic E-state index is 6.05. The van der Waals surface area contributed by atoms with Crippen molar-refractivity contribution in [3.8, 4) is 0 Å². The van der Waals surface area contributed by atoms with Gasteiger partial charge in [-0.2, -0.15) is 0 Å². The Bertz CT molecular complexity index is 191. The van der Waals surface area contributed by atoms with Crippen LogP contribution in [-0.2, 0) is 9.47 Å². The summed E-state index contributed by atoms with van der Waals surface area (Å²) in [5.74, 6) is -0.208. The molecular formula is C13H23O2. The van der Waals surface area contributed by atoms with Gasteiger partial charge in [-0.3, -0.25) is 0 Å². The summed E-state index contributed by atoms with van der Waals surface area (Å²) in [6.07, 6.45) is 9.41. The fraction of sp³-hybridized carbons (Fsp3) is 0.923. The van der Waals surface area contributed by atoms with Crippen molar-refractivity contribution < 1.29 is 9.47 Å². The average molecular weight is 211 g/mol. The fourth-order valence-corrected chi connectivity index (χ4v) is 2.59. The molecule has 15 heavy (non-hydrogen) atoms. The average Bonchev–Trinajstić information content (AvgIpc) is 2.32. The molecular weight excluding hydrogens is 188 g/mol. The van der Waals surface area contributed by atoms with Gasteiger partial charge in [-0.15, -0.1) is 0 Å². The third-order valence-electron chi connectivity index (χ3n) is 4.18. The monoisotopic (exact) mass is 211 g/mol. The summed E-state index contributed by atoms with van der Waals surface area (Å²) in [6, 6.07) is 0. The summed E-state index contributed by atoms with van der Waals surface area (Å²) in [4.78, 5) is 0. The summed E-state index contributed by atoms with van der Waals surface area (Å²) in [7, 11) is 0. The molecule has 1 heterocycles. The van der Waals surface area contributed by atoms with E-state index in [1.54, 1.807) is 0 Å². The number of rotatable bonds is 2. The highest BCUT2D eigenvalue weighted by atomic mass is 16.7. The lowest BCUT2D eigenvalue weighted by atomic mass is 9.82. The van der Waals surface area contributed by atoms with Crippen LogP contribution in [0.2, 0.25) is 0 Å². The van der Waals surface area contributed by atoms with E-state index in [1.165, 1.54) is 19.3 Å². The molecule has 0 amide bonds. The first kappa shape index (κ1) is 11.4. The van der Waals surface area contributed by atoms with Gasteiger partial charge in [0.05, 0.1) is 13.2 Å². The first-order valence-electron chi connectivity index (χ1n) is 6.33. The first-order chi connectivity index (χ1) is 7.24. The van der Waals surface area contributed by atoms with Crippen molar-refractivity contribution in [1.29, 1.82) is 0 Å². The Morgan fingerprint density at radius 3 is 2.13 bits per heavy atom.